The maximum atomic E-state index is 12.0. The van der Waals surface area contributed by atoms with Crippen LogP contribution in [0.3, 0.4) is 0 Å². The van der Waals surface area contributed by atoms with Crippen molar-refractivity contribution in [2.75, 3.05) is 13.7 Å². The molecule has 2 aromatic rings. The van der Waals surface area contributed by atoms with Crippen LogP contribution in [-0.2, 0) is 11.4 Å². The van der Waals surface area contributed by atoms with Crippen molar-refractivity contribution in [2.24, 2.45) is 5.10 Å². The molecule has 1 amide bonds. The van der Waals surface area contributed by atoms with E-state index < -0.39 is 0 Å². The van der Waals surface area contributed by atoms with E-state index in [-0.39, 0.29) is 12.5 Å². The molecule has 0 heterocycles. The summed E-state index contributed by atoms with van der Waals surface area (Å²) in [5.41, 5.74) is 4.37. The molecule has 2 aromatic carbocycles. The van der Waals surface area contributed by atoms with E-state index in [9.17, 15) is 4.79 Å². The van der Waals surface area contributed by atoms with Crippen molar-refractivity contribution in [1.82, 2.24) is 10.7 Å². The molecule has 0 radical (unpaired) electrons. The molecule has 1 fully saturated rings. The van der Waals surface area contributed by atoms with E-state index in [2.05, 4.69) is 15.8 Å². The number of hydrogen-bond donors (Lipinski definition) is 2. The number of methoxy groups -OCH3 is 1. The highest BCUT2D eigenvalue weighted by Crippen LogP contribution is 2.28. The van der Waals surface area contributed by atoms with Gasteiger partial charge < -0.3 is 14.8 Å². The highest BCUT2D eigenvalue weighted by atomic mass is 35.5. The molecule has 0 atom stereocenters. The molecule has 0 aromatic heterocycles. The van der Waals surface area contributed by atoms with E-state index in [4.69, 9.17) is 21.1 Å². The zero-order valence-corrected chi connectivity index (χ0v) is 18.0. The minimum atomic E-state index is -0.147. The third-order valence-corrected chi connectivity index (χ3v) is 5.31. The largest absolute Gasteiger partial charge is 0.493 e. The van der Waals surface area contributed by atoms with Gasteiger partial charge in [0.1, 0.15) is 6.61 Å². The fourth-order valence-electron chi connectivity index (χ4n) is 3.39. The molecule has 0 bridgehead atoms. The maximum absolute atomic E-state index is 12.0. The Morgan fingerprint density at radius 1 is 1.13 bits per heavy atom. The summed E-state index contributed by atoms with van der Waals surface area (Å²) >= 11 is 5.91. The zero-order chi connectivity index (χ0) is 21.2. The second-order valence-electron chi connectivity index (χ2n) is 7.33. The third kappa shape index (κ3) is 7.04. The smallest absolute Gasteiger partial charge is 0.254 e. The summed E-state index contributed by atoms with van der Waals surface area (Å²) in [6.07, 6.45) is 7.63. The van der Waals surface area contributed by atoms with E-state index >= 15 is 0 Å². The Kier molecular flexibility index (Phi) is 8.53. The van der Waals surface area contributed by atoms with Crippen LogP contribution in [0.4, 0.5) is 0 Å². The molecular weight excluding hydrogens is 402 g/mol. The molecular formula is C23H28ClN3O3. The molecule has 1 aliphatic rings. The average Bonchev–Trinajstić information content (AvgIpc) is 2.78. The van der Waals surface area contributed by atoms with E-state index in [0.29, 0.717) is 29.2 Å². The first-order chi connectivity index (χ1) is 14.6. The van der Waals surface area contributed by atoms with Crippen molar-refractivity contribution in [3.63, 3.8) is 0 Å². The van der Waals surface area contributed by atoms with Gasteiger partial charge in [-0.15, -0.1) is 0 Å². The van der Waals surface area contributed by atoms with Crippen molar-refractivity contribution < 1.29 is 14.3 Å². The number of carbonyl (C=O) groups excluding carboxylic acids is 1. The molecule has 160 valence electrons. The van der Waals surface area contributed by atoms with Gasteiger partial charge in [-0.1, -0.05) is 43.0 Å². The number of amides is 1. The van der Waals surface area contributed by atoms with Crippen LogP contribution >= 0.6 is 11.6 Å². The molecule has 3 rings (SSSR count). The first kappa shape index (κ1) is 22.1. The lowest BCUT2D eigenvalue weighted by molar-refractivity contribution is -0.120. The molecule has 2 N–H and O–H groups in total. The third-order valence-electron chi connectivity index (χ3n) is 5.05. The Bertz CT molecular complexity index is 849. The maximum Gasteiger partial charge on any atom is 0.254 e. The standard InChI is InChI=1S/C23H28ClN3O3/c1-29-22-13-18(9-12-21(22)30-16-17-7-10-19(24)11-8-17)14-26-27-23(28)15-25-20-5-3-2-4-6-20/h7-14,20,25H,2-6,15-16H2,1H3,(H,27,28)/b26-14-. The summed E-state index contributed by atoms with van der Waals surface area (Å²) in [4.78, 5) is 12.0. The van der Waals surface area contributed by atoms with Crippen LogP contribution in [0.1, 0.15) is 43.2 Å². The Morgan fingerprint density at radius 2 is 1.90 bits per heavy atom. The van der Waals surface area contributed by atoms with Gasteiger partial charge in [-0.3, -0.25) is 4.79 Å². The lowest BCUT2D eigenvalue weighted by Crippen LogP contribution is -2.38. The number of carbonyl (C=O) groups is 1. The molecule has 0 unspecified atom stereocenters. The van der Waals surface area contributed by atoms with Crippen molar-refractivity contribution >= 4 is 23.7 Å². The Labute approximate surface area is 182 Å². The summed E-state index contributed by atoms with van der Waals surface area (Å²) in [6.45, 7) is 0.688. The van der Waals surface area contributed by atoms with Crippen molar-refractivity contribution in [3.05, 3.63) is 58.6 Å². The minimum absolute atomic E-state index is 0.147. The monoisotopic (exact) mass is 429 g/mol. The van der Waals surface area contributed by atoms with E-state index in [1.165, 1.54) is 19.3 Å². The van der Waals surface area contributed by atoms with Crippen LogP contribution in [0.2, 0.25) is 5.02 Å². The first-order valence-electron chi connectivity index (χ1n) is 10.2. The van der Waals surface area contributed by atoms with Gasteiger partial charge in [-0.05, 0) is 54.3 Å². The highest BCUT2D eigenvalue weighted by Gasteiger charge is 2.13. The van der Waals surface area contributed by atoms with Crippen molar-refractivity contribution in [1.29, 1.82) is 0 Å². The predicted octanol–water partition coefficient (Wildman–Crippen LogP) is 4.30. The SMILES string of the molecule is COc1cc(/C=N\NC(=O)CNC2CCCCC2)ccc1OCc1ccc(Cl)cc1. The topological polar surface area (TPSA) is 72.0 Å². The average molecular weight is 430 g/mol. The van der Waals surface area contributed by atoms with Crippen LogP contribution in [0.15, 0.2) is 47.6 Å². The Hall–Kier alpha value is -2.57. The molecule has 0 spiro atoms. The van der Waals surface area contributed by atoms with Crippen molar-refractivity contribution in [2.45, 2.75) is 44.8 Å². The number of halogens is 1. The quantitative estimate of drug-likeness (QED) is 0.460. The fourth-order valence-corrected chi connectivity index (χ4v) is 3.51. The number of ether oxygens (including phenoxy) is 2. The lowest BCUT2D eigenvalue weighted by atomic mass is 9.95. The molecule has 0 aliphatic heterocycles. The molecule has 1 saturated carbocycles. The number of hydrazone groups is 1. The van der Waals surface area contributed by atoms with Gasteiger partial charge in [-0.25, -0.2) is 5.43 Å². The molecule has 1 aliphatic carbocycles. The van der Waals surface area contributed by atoms with E-state index in [1.54, 1.807) is 13.3 Å². The minimum Gasteiger partial charge on any atom is -0.493 e. The first-order valence-corrected chi connectivity index (χ1v) is 10.6. The van der Waals surface area contributed by atoms with Gasteiger partial charge in [0.05, 0.1) is 19.9 Å². The Morgan fingerprint density at radius 3 is 2.63 bits per heavy atom. The van der Waals surface area contributed by atoms with Crippen molar-refractivity contribution in [3.8, 4) is 11.5 Å². The van der Waals surface area contributed by atoms with Gasteiger partial charge in [0.2, 0.25) is 0 Å². The Balaban J connectivity index is 1.48. The summed E-state index contributed by atoms with van der Waals surface area (Å²) in [5, 5.41) is 8.03. The van der Waals surface area contributed by atoms with Crippen LogP contribution in [0, 0.1) is 0 Å². The second kappa shape index (κ2) is 11.6. The number of nitrogens with one attached hydrogen (secondary N) is 2. The van der Waals surface area contributed by atoms with Crippen LogP contribution in [0.25, 0.3) is 0 Å². The highest BCUT2D eigenvalue weighted by molar-refractivity contribution is 6.30. The summed E-state index contributed by atoms with van der Waals surface area (Å²) in [7, 11) is 1.59. The predicted molar refractivity (Wildman–Crippen MR) is 119 cm³/mol. The molecule has 7 heteroatoms. The summed E-state index contributed by atoms with van der Waals surface area (Å²) < 4.78 is 11.3. The van der Waals surface area contributed by atoms with Gasteiger partial charge in [0.15, 0.2) is 11.5 Å². The van der Waals surface area contributed by atoms with Crippen LogP contribution < -0.4 is 20.2 Å². The van der Waals surface area contributed by atoms with Gasteiger partial charge in [-0.2, -0.15) is 5.10 Å². The normalized spacial score (nSPS) is 14.6. The molecule has 30 heavy (non-hydrogen) atoms. The van der Waals surface area contributed by atoms with Crippen LogP contribution in [-0.4, -0.2) is 31.8 Å². The summed E-state index contributed by atoms with van der Waals surface area (Å²) in [5.74, 6) is 1.08. The van der Waals surface area contributed by atoms with Crippen LogP contribution in [0.5, 0.6) is 11.5 Å². The molecule has 0 saturated heterocycles. The lowest BCUT2D eigenvalue weighted by Gasteiger charge is -2.22. The van der Waals surface area contributed by atoms with E-state index in [1.807, 2.05) is 42.5 Å². The van der Waals surface area contributed by atoms with Gasteiger partial charge in [0, 0.05) is 11.1 Å². The zero-order valence-electron chi connectivity index (χ0n) is 17.2. The number of benzene rings is 2. The van der Waals surface area contributed by atoms with Gasteiger partial charge >= 0.3 is 0 Å². The summed E-state index contributed by atoms with van der Waals surface area (Å²) in [6, 6.07) is 13.4. The number of rotatable bonds is 9. The number of hydrogen-bond acceptors (Lipinski definition) is 5. The molecule has 6 nitrogen and oxygen atoms in total. The van der Waals surface area contributed by atoms with E-state index in [0.717, 1.165) is 24.0 Å². The number of nitrogens with zero attached hydrogens (tertiary/aromatic N) is 1. The van der Waals surface area contributed by atoms with Gasteiger partial charge in [0.25, 0.3) is 5.91 Å². The second-order valence-corrected chi connectivity index (χ2v) is 7.77. The fraction of sp³-hybridized carbons (Fsp3) is 0.391.